The molecule has 0 bridgehead atoms. The van der Waals surface area contributed by atoms with Crippen LogP contribution in [0.2, 0.25) is 0 Å². The van der Waals surface area contributed by atoms with Gasteiger partial charge in [0, 0.05) is 12.3 Å². The highest BCUT2D eigenvalue weighted by Crippen LogP contribution is 2.47. The second kappa shape index (κ2) is 5.16. The number of aliphatic hydroxyl groups is 1. The van der Waals surface area contributed by atoms with Crippen LogP contribution in [0.4, 0.5) is 0 Å². The zero-order valence-corrected chi connectivity index (χ0v) is 12.8. The summed E-state index contributed by atoms with van der Waals surface area (Å²) in [4.78, 5) is 0. The van der Waals surface area contributed by atoms with Gasteiger partial charge in [-0.1, -0.05) is 43.2 Å². The van der Waals surface area contributed by atoms with E-state index in [-0.39, 0.29) is 12.2 Å². The van der Waals surface area contributed by atoms with E-state index in [1.54, 1.807) is 0 Å². The van der Waals surface area contributed by atoms with Crippen molar-refractivity contribution in [3.8, 4) is 0 Å². The molecule has 3 rings (SSSR count). The van der Waals surface area contributed by atoms with E-state index in [4.69, 9.17) is 4.74 Å². The Hall–Kier alpha value is -0.860. The van der Waals surface area contributed by atoms with Gasteiger partial charge in [-0.2, -0.15) is 0 Å². The van der Waals surface area contributed by atoms with Crippen molar-refractivity contribution in [2.24, 2.45) is 11.8 Å². The van der Waals surface area contributed by atoms with Gasteiger partial charge in [0.15, 0.2) is 0 Å². The lowest BCUT2D eigenvalue weighted by Crippen LogP contribution is -2.51. The molecule has 110 valence electrons. The molecular weight excluding hydrogens is 248 g/mol. The van der Waals surface area contributed by atoms with Gasteiger partial charge in [0.1, 0.15) is 0 Å². The van der Waals surface area contributed by atoms with Crippen molar-refractivity contribution in [3.63, 3.8) is 0 Å². The Morgan fingerprint density at radius 2 is 1.90 bits per heavy atom. The number of fused-ring (bicyclic) bond motifs is 1. The van der Waals surface area contributed by atoms with E-state index in [0.29, 0.717) is 18.3 Å². The Kier molecular flexibility index (Phi) is 3.64. The summed E-state index contributed by atoms with van der Waals surface area (Å²) < 4.78 is 6.36. The molecule has 0 spiro atoms. The van der Waals surface area contributed by atoms with Gasteiger partial charge in [-0.15, -0.1) is 0 Å². The van der Waals surface area contributed by atoms with Crippen molar-refractivity contribution in [1.29, 1.82) is 0 Å². The largest absolute Gasteiger partial charge is 0.390 e. The van der Waals surface area contributed by atoms with Gasteiger partial charge in [0.05, 0.1) is 17.8 Å². The van der Waals surface area contributed by atoms with Crippen molar-refractivity contribution in [2.75, 3.05) is 0 Å². The minimum Gasteiger partial charge on any atom is -0.390 e. The van der Waals surface area contributed by atoms with Gasteiger partial charge in [-0.25, -0.2) is 0 Å². The van der Waals surface area contributed by atoms with Crippen LogP contribution >= 0.6 is 0 Å². The number of aryl methyl sites for hydroxylation is 1. The molecule has 0 radical (unpaired) electrons. The summed E-state index contributed by atoms with van der Waals surface area (Å²) in [6.07, 6.45) is 4.37. The molecule has 1 aliphatic heterocycles. The third-order valence-corrected chi connectivity index (χ3v) is 5.24. The summed E-state index contributed by atoms with van der Waals surface area (Å²) in [5, 5.41) is 10.9. The van der Waals surface area contributed by atoms with Gasteiger partial charge in [0.25, 0.3) is 0 Å². The van der Waals surface area contributed by atoms with Crippen molar-refractivity contribution < 1.29 is 9.84 Å². The maximum atomic E-state index is 10.9. The summed E-state index contributed by atoms with van der Waals surface area (Å²) in [6, 6.07) is 8.54. The first-order valence-corrected chi connectivity index (χ1v) is 7.90. The predicted octanol–water partition coefficient (Wildman–Crippen LogP) is 4.01. The topological polar surface area (TPSA) is 29.5 Å². The normalized spacial score (nSPS) is 41.2. The fourth-order valence-electron chi connectivity index (χ4n) is 3.95. The Morgan fingerprint density at radius 1 is 1.20 bits per heavy atom. The van der Waals surface area contributed by atoms with Crippen molar-refractivity contribution in [1.82, 2.24) is 0 Å². The van der Waals surface area contributed by atoms with E-state index in [1.165, 1.54) is 17.5 Å². The molecule has 2 heteroatoms. The molecule has 1 aromatic carbocycles. The second-order valence-corrected chi connectivity index (χ2v) is 7.16. The third-order valence-electron chi connectivity index (χ3n) is 5.24. The maximum Gasteiger partial charge on any atom is 0.0856 e. The Morgan fingerprint density at radius 3 is 2.60 bits per heavy atom. The second-order valence-electron chi connectivity index (χ2n) is 7.16. The van der Waals surface area contributed by atoms with Crippen LogP contribution in [0.15, 0.2) is 24.3 Å². The lowest BCUT2D eigenvalue weighted by atomic mass is 9.68. The quantitative estimate of drug-likeness (QED) is 0.838. The fourth-order valence-corrected chi connectivity index (χ4v) is 3.95. The molecule has 5 atom stereocenters. The first kappa shape index (κ1) is 14.1. The van der Waals surface area contributed by atoms with Gasteiger partial charge in [-0.05, 0) is 38.2 Å². The molecule has 1 N–H and O–H groups in total. The summed E-state index contributed by atoms with van der Waals surface area (Å²) >= 11 is 0. The van der Waals surface area contributed by atoms with Crippen LogP contribution in [0.5, 0.6) is 0 Å². The van der Waals surface area contributed by atoms with Gasteiger partial charge in [-0.3, -0.25) is 0 Å². The molecule has 2 aliphatic rings. The Balaban J connectivity index is 1.83. The van der Waals surface area contributed by atoms with Crippen molar-refractivity contribution in [3.05, 3.63) is 35.4 Å². The third kappa shape index (κ3) is 2.64. The molecule has 0 unspecified atom stereocenters. The number of benzene rings is 1. The molecule has 0 amide bonds. The Labute approximate surface area is 122 Å². The molecule has 2 nitrogen and oxygen atoms in total. The highest BCUT2D eigenvalue weighted by molar-refractivity contribution is 5.24. The number of rotatable bonds is 1. The van der Waals surface area contributed by atoms with Crippen LogP contribution < -0.4 is 0 Å². The summed E-state index contributed by atoms with van der Waals surface area (Å²) in [7, 11) is 0. The molecule has 2 fully saturated rings. The van der Waals surface area contributed by atoms with E-state index in [9.17, 15) is 5.11 Å². The standard InChI is InChI=1S/C18H26O2/c1-12-4-7-14(8-5-12)17-11-18(3,19)15-9-6-13(2)10-16(15)20-17/h4-5,7-8,13,15-17,19H,6,9-11H2,1-3H3/t13-,15-,16-,17-,18-/m1/s1. The first-order valence-electron chi connectivity index (χ1n) is 7.90. The van der Waals surface area contributed by atoms with E-state index in [1.807, 2.05) is 6.92 Å². The zero-order valence-electron chi connectivity index (χ0n) is 12.8. The monoisotopic (exact) mass is 274 g/mol. The molecule has 1 heterocycles. The van der Waals surface area contributed by atoms with Gasteiger partial charge < -0.3 is 9.84 Å². The van der Waals surface area contributed by atoms with Crippen LogP contribution in [0, 0.1) is 18.8 Å². The van der Waals surface area contributed by atoms with Crippen molar-refractivity contribution >= 4 is 0 Å². The molecule has 1 aliphatic carbocycles. The first-order chi connectivity index (χ1) is 9.45. The van der Waals surface area contributed by atoms with Crippen LogP contribution in [-0.4, -0.2) is 16.8 Å². The highest BCUT2D eigenvalue weighted by Gasteiger charge is 2.47. The van der Waals surface area contributed by atoms with E-state index >= 15 is 0 Å². The van der Waals surface area contributed by atoms with Crippen LogP contribution in [0.1, 0.15) is 56.8 Å². The average Bonchev–Trinajstić information content (AvgIpc) is 2.38. The lowest BCUT2D eigenvalue weighted by Gasteiger charge is -2.49. The van der Waals surface area contributed by atoms with E-state index in [2.05, 4.69) is 38.1 Å². The van der Waals surface area contributed by atoms with Crippen LogP contribution in [0.25, 0.3) is 0 Å². The van der Waals surface area contributed by atoms with Crippen LogP contribution in [0.3, 0.4) is 0 Å². The maximum absolute atomic E-state index is 10.9. The smallest absolute Gasteiger partial charge is 0.0856 e. The molecule has 1 aromatic rings. The summed E-state index contributed by atoms with van der Waals surface area (Å²) in [6.45, 7) is 6.40. The summed E-state index contributed by atoms with van der Waals surface area (Å²) in [5.41, 5.74) is 1.87. The van der Waals surface area contributed by atoms with Crippen molar-refractivity contribution in [2.45, 2.75) is 64.3 Å². The SMILES string of the molecule is Cc1ccc([C@H]2C[C@@](C)(O)[C@@H]3CC[C@@H](C)C[C@H]3O2)cc1. The van der Waals surface area contributed by atoms with Crippen LogP contribution in [-0.2, 0) is 4.74 Å². The number of hydrogen-bond acceptors (Lipinski definition) is 2. The van der Waals surface area contributed by atoms with Gasteiger partial charge in [0.2, 0.25) is 0 Å². The average molecular weight is 274 g/mol. The molecule has 1 saturated heterocycles. The minimum atomic E-state index is -0.599. The zero-order chi connectivity index (χ0) is 14.3. The minimum absolute atomic E-state index is 0.0390. The fraction of sp³-hybridized carbons (Fsp3) is 0.667. The Bertz CT molecular complexity index is 463. The molecular formula is C18H26O2. The highest BCUT2D eigenvalue weighted by atomic mass is 16.5. The molecule has 0 aromatic heterocycles. The molecule has 1 saturated carbocycles. The lowest BCUT2D eigenvalue weighted by molar-refractivity contribution is -0.197. The number of ether oxygens (including phenoxy) is 1. The van der Waals surface area contributed by atoms with Gasteiger partial charge >= 0.3 is 0 Å². The van der Waals surface area contributed by atoms with E-state index < -0.39 is 5.60 Å². The predicted molar refractivity (Wildman–Crippen MR) is 80.5 cm³/mol. The van der Waals surface area contributed by atoms with E-state index in [0.717, 1.165) is 12.8 Å². The number of hydrogen-bond donors (Lipinski definition) is 1. The summed E-state index contributed by atoms with van der Waals surface area (Å²) in [5.74, 6) is 1.02. The molecule has 20 heavy (non-hydrogen) atoms.